The Morgan fingerprint density at radius 2 is 1.66 bits per heavy atom. The largest absolute Gasteiger partial charge is 0.495 e. The number of nitrogens with zero attached hydrogens (tertiary/aromatic N) is 1. The Morgan fingerprint density at radius 3 is 1.86 bits per heavy atom. The van der Waals surface area contributed by atoms with Crippen LogP contribution in [0.2, 0.25) is 0 Å². The number of hydrogen-bond acceptors (Lipinski definition) is 5. The maximum atomic E-state index is 10.7. The van der Waals surface area contributed by atoms with Crippen LogP contribution in [0, 0.1) is 16.7 Å². The Balaban J connectivity index is 0.000000218. The number of hydrogen-bond donors (Lipinski definition) is 0. The summed E-state index contributed by atoms with van der Waals surface area (Å²) in [6.45, 7) is 27.3. The van der Waals surface area contributed by atoms with E-state index in [1.807, 2.05) is 0 Å². The molecule has 2 unspecified atom stereocenters. The number of rotatable bonds is 1. The smallest absolute Gasteiger partial charge is 0.306 e. The Kier molecular flexibility index (Phi) is 9.10. The Hall–Kier alpha value is -1.65. The number of ether oxygens (including phenoxy) is 3. The lowest BCUT2D eigenvalue weighted by Crippen LogP contribution is -2.25. The van der Waals surface area contributed by atoms with Crippen molar-refractivity contribution in [2.24, 2.45) is 16.7 Å². The van der Waals surface area contributed by atoms with Gasteiger partial charge in [-0.05, 0) is 37.7 Å². The molecule has 5 heteroatoms. The first kappa shape index (κ1) is 25.4. The van der Waals surface area contributed by atoms with Crippen LogP contribution in [0.1, 0.15) is 74.7 Å². The molecule has 3 fully saturated rings. The summed E-state index contributed by atoms with van der Waals surface area (Å²) >= 11 is 0. The maximum Gasteiger partial charge on any atom is 0.306 e. The predicted molar refractivity (Wildman–Crippen MR) is 118 cm³/mol. The summed E-state index contributed by atoms with van der Waals surface area (Å²) in [4.78, 5) is 12.8. The van der Waals surface area contributed by atoms with Crippen LogP contribution in [0.3, 0.4) is 0 Å². The second-order valence-corrected chi connectivity index (χ2v) is 10.5. The van der Waals surface area contributed by atoms with Crippen molar-refractivity contribution >= 4 is 5.97 Å². The van der Waals surface area contributed by atoms with Gasteiger partial charge in [0, 0.05) is 18.4 Å². The van der Waals surface area contributed by atoms with Crippen molar-refractivity contribution in [2.45, 2.75) is 86.8 Å². The second-order valence-electron chi connectivity index (χ2n) is 10.5. The first-order valence-corrected chi connectivity index (χ1v) is 10.8. The molecule has 3 rings (SSSR count). The van der Waals surface area contributed by atoms with E-state index in [1.54, 1.807) is 0 Å². The van der Waals surface area contributed by atoms with Gasteiger partial charge in [-0.15, -0.1) is 0 Å². The minimum Gasteiger partial charge on any atom is -0.495 e. The number of cyclic esters (lactones) is 1. The molecular formula is C24H43NO4. The number of carbonyl (C=O) groups excluding carboxylic acids is 1. The minimum absolute atomic E-state index is 0.0417. The molecule has 0 aromatic heterocycles. The van der Waals surface area contributed by atoms with Crippen molar-refractivity contribution < 1.29 is 19.0 Å². The van der Waals surface area contributed by atoms with Crippen LogP contribution in [-0.4, -0.2) is 42.8 Å². The van der Waals surface area contributed by atoms with Crippen molar-refractivity contribution in [2.75, 3.05) is 19.8 Å². The molecule has 3 aliphatic rings. The van der Waals surface area contributed by atoms with Gasteiger partial charge in [-0.3, -0.25) is 4.79 Å². The zero-order valence-corrected chi connectivity index (χ0v) is 20.0. The van der Waals surface area contributed by atoms with Crippen molar-refractivity contribution in [3.05, 3.63) is 24.8 Å². The molecule has 0 bridgehead atoms. The van der Waals surface area contributed by atoms with Crippen molar-refractivity contribution in [3.63, 3.8) is 0 Å². The summed E-state index contributed by atoms with van der Waals surface area (Å²) in [6.07, 6.45) is 3.17. The molecule has 0 saturated carbocycles. The first-order chi connectivity index (χ1) is 13.2. The summed E-state index contributed by atoms with van der Waals surface area (Å²) in [5.41, 5.74) is 0.492. The van der Waals surface area contributed by atoms with Gasteiger partial charge in [-0.2, -0.15) is 0 Å². The standard InChI is InChI=1S/C9H16O.C8H14O2.C7H13NO/c1-7-5-6-8(10-7)9(2,3)4;1-8(2,3)6-4-7(9)10-5-6;1-6(2)8-4-5-9-7(8)3/h8H,1,5-6H2,2-4H3;6H,4-5H2,1-3H3;6H,3-5H2,1-2H3. The fourth-order valence-electron chi connectivity index (χ4n) is 3.31. The van der Waals surface area contributed by atoms with Crippen molar-refractivity contribution in [1.29, 1.82) is 0 Å². The van der Waals surface area contributed by atoms with E-state index in [-0.39, 0.29) is 16.8 Å². The van der Waals surface area contributed by atoms with Crippen molar-refractivity contribution in [3.8, 4) is 0 Å². The average molecular weight is 410 g/mol. The third-order valence-electron chi connectivity index (χ3n) is 5.59. The predicted octanol–water partition coefficient (Wildman–Crippen LogP) is 5.52. The summed E-state index contributed by atoms with van der Waals surface area (Å²) in [5, 5.41) is 0. The first-order valence-electron chi connectivity index (χ1n) is 10.8. The van der Waals surface area contributed by atoms with Crippen LogP contribution in [0.25, 0.3) is 0 Å². The third kappa shape index (κ3) is 8.71. The molecular weight excluding hydrogens is 366 g/mol. The van der Waals surface area contributed by atoms with E-state index < -0.39 is 0 Å². The normalized spacial score (nSPS) is 24.3. The van der Waals surface area contributed by atoms with Gasteiger partial charge in [0.05, 0.1) is 25.3 Å². The van der Waals surface area contributed by atoms with Gasteiger partial charge in [0.1, 0.15) is 12.7 Å². The van der Waals surface area contributed by atoms with E-state index >= 15 is 0 Å². The average Bonchev–Trinajstić information content (AvgIpc) is 3.28. The summed E-state index contributed by atoms with van der Waals surface area (Å²) in [7, 11) is 0. The van der Waals surface area contributed by atoms with Crippen LogP contribution in [-0.2, 0) is 19.0 Å². The molecule has 0 N–H and O–H groups in total. The monoisotopic (exact) mass is 409 g/mol. The summed E-state index contributed by atoms with van der Waals surface area (Å²) in [6, 6.07) is 0.528. The van der Waals surface area contributed by atoms with Crippen LogP contribution in [0.5, 0.6) is 0 Å². The van der Waals surface area contributed by atoms with E-state index in [1.165, 1.54) is 0 Å². The molecule has 0 radical (unpaired) electrons. The highest BCUT2D eigenvalue weighted by Crippen LogP contribution is 2.34. The van der Waals surface area contributed by atoms with Gasteiger partial charge in [-0.1, -0.05) is 48.1 Å². The SMILES string of the molecule is C=C1CCC(C(C)(C)C)O1.C=C1OCCN1C(C)C.CC(C)(C)C1COC(=O)C1. The highest BCUT2D eigenvalue weighted by Gasteiger charge is 2.33. The zero-order valence-electron chi connectivity index (χ0n) is 20.0. The van der Waals surface area contributed by atoms with E-state index in [0.717, 1.165) is 37.6 Å². The molecule has 3 saturated heterocycles. The number of esters is 1. The highest BCUT2D eigenvalue weighted by atomic mass is 16.5. The van der Waals surface area contributed by atoms with Gasteiger partial charge >= 0.3 is 5.97 Å². The fourth-order valence-corrected chi connectivity index (χ4v) is 3.31. The lowest BCUT2D eigenvalue weighted by atomic mass is 9.80. The molecule has 168 valence electrons. The van der Waals surface area contributed by atoms with Gasteiger partial charge < -0.3 is 19.1 Å². The fraction of sp³-hybridized carbons (Fsp3) is 0.792. The maximum absolute atomic E-state index is 10.7. The summed E-state index contributed by atoms with van der Waals surface area (Å²) < 4.78 is 15.5. The molecule has 3 heterocycles. The quantitative estimate of drug-likeness (QED) is 0.534. The lowest BCUT2D eigenvalue weighted by molar-refractivity contribution is -0.137. The Labute approximate surface area is 178 Å². The number of carbonyl (C=O) groups is 1. The lowest BCUT2D eigenvalue weighted by Gasteiger charge is -2.25. The molecule has 3 aliphatic heterocycles. The topological polar surface area (TPSA) is 48.0 Å². The molecule has 29 heavy (non-hydrogen) atoms. The van der Waals surface area contributed by atoms with Crippen LogP contribution < -0.4 is 0 Å². The molecule has 0 aromatic rings. The Bertz CT molecular complexity index is 532. The molecule has 0 aliphatic carbocycles. The van der Waals surface area contributed by atoms with Crippen LogP contribution >= 0.6 is 0 Å². The zero-order chi connectivity index (χ0) is 22.4. The molecule has 5 nitrogen and oxygen atoms in total. The summed E-state index contributed by atoms with van der Waals surface area (Å²) in [5.74, 6) is 2.16. The Morgan fingerprint density at radius 1 is 1.03 bits per heavy atom. The van der Waals surface area contributed by atoms with E-state index in [9.17, 15) is 4.79 Å². The van der Waals surface area contributed by atoms with Crippen molar-refractivity contribution in [1.82, 2.24) is 4.90 Å². The molecule has 0 aromatic carbocycles. The van der Waals surface area contributed by atoms with Gasteiger partial charge in [-0.25, -0.2) is 0 Å². The number of allylic oxidation sites excluding steroid dienone is 1. The molecule has 0 spiro atoms. The molecule has 0 amide bonds. The molecule has 2 atom stereocenters. The van der Waals surface area contributed by atoms with E-state index in [2.05, 4.69) is 73.4 Å². The minimum atomic E-state index is -0.0417. The van der Waals surface area contributed by atoms with Crippen LogP contribution in [0.15, 0.2) is 24.8 Å². The van der Waals surface area contributed by atoms with Crippen LogP contribution in [0.4, 0.5) is 0 Å². The highest BCUT2D eigenvalue weighted by molar-refractivity contribution is 5.71. The van der Waals surface area contributed by atoms with Gasteiger partial charge in [0.2, 0.25) is 0 Å². The third-order valence-corrected chi connectivity index (χ3v) is 5.59. The van der Waals surface area contributed by atoms with E-state index in [0.29, 0.717) is 31.1 Å². The second kappa shape index (κ2) is 10.4. The van der Waals surface area contributed by atoms with E-state index in [4.69, 9.17) is 14.2 Å². The van der Waals surface area contributed by atoms with Gasteiger partial charge in [0.15, 0.2) is 5.88 Å². The van der Waals surface area contributed by atoms with Gasteiger partial charge in [0.25, 0.3) is 0 Å².